The topological polar surface area (TPSA) is 18.5 Å². The van der Waals surface area contributed by atoms with Crippen molar-refractivity contribution in [1.29, 1.82) is 0 Å². The minimum Gasteiger partial charge on any atom is -0.469 e. The van der Waals surface area contributed by atoms with E-state index in [2.05, 4.69) is 6.58 Å². The SMILES string of the molecule is C=CC=C1COCO1. The second kappa shape index (κ2) is 2.52. The summed E-state index contributed by atoms with van der Waals surface area (Å²) in [4.78, 5) is 0. The molecule has 0 aromatic rings. The van der Waals surface area contributed by atoms with Crippen LogP contribution >= 0.6 is 0 Å². The molecule has 1 aliphatic heterocycles. The minimum absolute atomic E-state index is 0.389. The zero-order valence-corrected chi connectivity index (χ0v) is 4.59. The highest BCUT2D eigenvalue weighted by Crippen LogP contribution is 2.05. The van der Waals surface area contributed by atoms with Gasteiger partial charge in [-0.25, -0.2) is 0 Å². The van der Waals surface area contributed by atoms with E-state index in [-0.39, 0.29) is 0 Å². The van der Waals surface area contributed by atoms with Gasteiger partial charge in [-0.05, 0) is 6.08 Å². The highest BCUT2D eigenvalue weighted by molar-refractivity contribution is 5.05. The molecule has 0 amide bonds. The minimum atomic E-state index is 0.389. The maximum Gasteiger partial charge on any atom is 0.189 e. The molecule has 1 rings (SSSR count). The van der Waals surface area contributed by atoms with Crippen LogP contribution in [0.4, 0.5) is 0 Å². The number of hydrogen-bond acceptors (Lipinski definition) is 2. The molecule has 2 nitrogen and oxygen atoms in total. The Kier molecular flexibility index (Phi) is 1.70. The Morgan fingerprint density at radius 1 is 1.62 bits per heavy atom. The second-order valence-electron chi connectivity index (χ2n) is 1.48. The van der Waals surface area contributed by atoms with Gasteiger partial charge in [-0.2, -0.15) is 0 Å². The first-order valence-corrected chi connectivity index (χ1v) is 2.45. The molecule has 2 heteroatoms. The van der Waals surface area contributed by atoms with Gasteiger partial charge in [0, 0.05) is 0 Å². The lowest BCUT2D eigenvalue weighted by atomic mass is 10.4. The van der Waals surface area contributed by atoms with Crippen LogP contribution in [-0.4, -0.2) is 13.4 Å². The zero-order chi connectivity index (χ0) is 5.82. The molecule has 1 aliphatic rings. The van der Waals surface area contributed by atoms with E-state index in [4.69, 9.17) is 9.47 Å². The largest absolute Gasteiger partial charge is 0.469 e. The van der Waals surface area contributed by atoms with Crippen LogP contribution in [-0.2, 0) is 9.47 Å². The van der Waals surface area contributed by atoms with Gasteiger partial charge in [-0.15, -0.1) is 0 Å². The van der Waals surface area contributed by atoms with E-state index in [1.54, 1.807) is 12.2 Å². The van der Waals surface area contributed by atoms with Crippen LogP contribution < -0.4 is 0 Å². The summed E-state index contributed by atoms with van der Waals surface area (Å²) in [7, 11) is 0. The van der Waals surface area contributed by atoms with Crippen LogP contribution in [0.1, 0.15) is 0 Å². The van der Waals surface area contributed by atoms with Crippen molar-refractivity contribution in [3.63, 3.8) is 0 Å². The average molecular weight is 112 g/mol. The van der Waals surface area contributed by atoms with Crippen LogP contribution in [0.15, 0.2) is 24.5 Å². The number of hydrogen-bond donors (Lipinski definition) is 0. The van der Waals surface area contributed by atoms with E-state index in [0.717, 1.165) is 5.76 Å². The molecule has 1 heterocycles. The summed E-state index contributed by atoms with van der Waals surface area (Å²) in [6, 6.07) is 0. The Morgan fingerprint density at radius 2 is 2.50 bits per heavy atom. The average Bonchev–Trinajstić information content (AvgIpc) is 2.19. The van der Waals surface area contributed by atoms with E-state index in [1.807, 2.05) is 0 Å². The third-order valence-electron chi connectivity index (χ3n) is 0.876. The summed E-state index contributed by atoms with van der Waals surface area (Å²) in [6.45, 7) is 4.49. The van der Waals surface area contributed by atoms with Crippen molar-refractivity contribution in [3.8, 4) is 0 Å². The summed E-state index contributed by atoms with van der Waals surface area (Å²) in [5.74, 6) is 0.861. The molecule has 1 fully saturated rings. The predicted octanol–water partition coefficient (Wildman–Crippen LogP) is 1.06. The van der Waals surface area contributed by atoms with Crippen molar-refractivity contribution in [3.05, 3.63) is 24.5 Å². The zero-order valence-electron chi connectivity index (χ0n) is 4.59. The molecule has 1 saturated heterocycles. The maximum atomic E-state index is 4.96. The molecule has 0 aliphatic carbocycles. The summed E-state index contributed by atoms with van der Waals surface area (Å²) >= 11 is 0. The molecule has 0 bridgehead atoms. The maximum absolute atomic E-state index is 4.96. The van der Waals surface area contributed by atoms with Crippen LogP contribution in [0.5, 0.6) is 0 Å². The van der Waals surface area contributed by atoms with Gasteiger partial charge in [-0.1, -0.05) is 12.7 Å². The summed E-state index contributed by atoms with van der Waals surface area (Å²) < 4.78 is 9.83. The highest BCUT2D eigenvalue weighted by Gasteiger charge is 2.04. The molecular weight excluding hydrogens is 104 g/mol. The van der Waals surface area contributed by atoms with E-state index < -0.39 is 0 Å². The summed E-state index contributed by atoms with van der Waals surface area (Å²) in [5.41, 5.74) is 0. The smallest absolute Gasteiger partial charge is 0.189 e. The van der Waals surface area contributed by atoms with E-state index in [9.17, 15) is 0 Å². The van der Waals surface area contributed by atoms with Gasteiger partial charge in [-0.3, -0.25) is 0 Å². The van der Waals surface area contributed by atoms with E-state index in [1.165, 1.54) is 0 Å². The van der Waals surface area contributed by atoms with Gasteiger partial charge in [0.1, 0.15) is 12.4 Å². The summed E-state index contributed by atoms with van der Waals surface area (Å²) in [5, 5.41) is 0. The molecule has 0 radical (unpaired) electrons. The summed E-state index contributed by atoms with van der Waals surface area (Å²) in [6.07, 6.45) is 3.48. The van der Waals surface area contributed by atoms with Crippen molar-refractivity contribution in [2.24, 2.45) is 0 Å². The Balaban J connectivity index is 2.44. The molecule has 0 saturated carbocycles. The van der Waals surface area contributed by atoms with Crippen LogP contribution in [0.2, 0.25) is 0 Å². The lowest BCUT2D eigenvalue weighted by Crippen LogP contribution is -1.79. The molecule has 0 atom stereocenters. The number of rotatable bonds is 1. The molecular formula is C6H8O2. The first-order valence-electron chi connectivity index (χ1n) is 2.45. The Labute approximate surface area is 48.4 Å². The van der Waals surface area contributed by atoms with Gasteiger partial charge < -0.3 is 9.47 Å². The first kappa shape index (κ1) is 5.38. The Morgan fingerprint density at radius 3 is 3.00 bits per heavy atom. The van der Waals surface area contributed by atoms with E-state index in [0.29, 0.717) is 13.4 Å². The van der Waals surface area contributed by atoms with Gasteiger partial charge in [0.2, 0.25) is 0 Å². The van der Waals surface area contributed by atoms with Crippen molar-refractivity contribution in [2.45, 2.75) is 0 Å². The third-order valence-corrected chi connectivity index (χ3v) is 0.876. The molecule has 8 heavy (non-hydrogen) atoms. The molecule has 0 unspecified atom stereocenters. The fourth-order valence-electron chi connectivity index (χ4n) is 0.529. The van der Waals surface area contributed by atoms with Crippen LogP contribution in [0.25, 0.3) is 0 Å². The lowest BCUT2D eigenvalue weighted by Gasteiger charge is -1.88. The van der Waals surface area contributed by atoms with Crippen molar-refractivity contribution in [1.82, 2.24) is 0 Å². The number of allylic oxidation sites excluding steroid dienone is 2. The number of ether oxygens (including phenoxy) is 2. The lowest BCUT2D eigenvalue weighted by molar-refractivity contribution is 0.0800. The fourth-order valence-corrected chi connectivity index (χ4v) is 0.529. The molecule has 0 aromatic heterocycles. The van der Waals surface area contributed by atoms with Crippen molar-refractivity contribution >= 4 is 0 Å². The predicted molar refractivity (Wildman–Crippen MR) is 30.2 cm³/mol. The first-order chi connectivity index (χ1) is 3.93. The second-order valence-corrected chi connectivity index (χ2v) is 1.48. The molecule has 0 spiro atoms. The standard InChI is InChI=1S/C6H8O2/c1-2-3-6-4-7-5-8-6/h2-3H,1,4-5H2. The third kappa shape index (κ3) is 1.10. The van der Waals surface area contributed by atoms with Gasteiger partial charge >= 0.3 is 0 Å². The monoisotopic (exact) mass is 112 g/mol. The van der Waals surface area contributed by atoms with Gasteiger partial charge in [0.05, 0.1) is 0 Å². The van der Waals surface area contributed by atoms with Crippen LogP contribution in [0.3, 0.4) is 0 Å². The molecule has 0 N–H and O–H groups in total. The molecule has 44 valence electrons. The Hall–Kier alpha value is -0.760. The van der Waals surface area contributed by atoms with E-state index >= 15 is 0 Å². The fraction of sp³-hybridized carbons (Fsp3) is 0.333. The van der Waals surface area contributed by atoms with Crippen LogP contribution in [0, 0.1) is 0 Å². The quantitative estimate of drug-likeness (QED) is 0.505. The van der Waals surface area contributed by atoms with Gasteiger partial charge in [0.25, 0.3) is 0 Å². The van der Waals surface area contributed by atoms with Gasteiger partial charge in [0.15, 0.2) is 6.79 Å². The van der Waals surface area contributed by atoms with Crippen molar-refractivity contribution in [2.75, 3.05) is 13.4 Å². The van der Waals surface area contributed by atoms with Crippen molar-refractivity contribution < 1.29 is 9.47 Å². The highest BCUT2D eigenvalue weighted by atomic mass is 16.7. The Bertz CT molecular complexity index is 108. The molecule has 0 aromatic carbocycles. The normalized spacial score (nSPS) is 23.2.